The molecule has 0 heterocycles. The van der Waals surface area contributed by atoms with E-state index in [9.17, 15) is 19.1 Å². The summed E-state index contributed by atoms with van der Waals surface area (Å²) in [5.74, 6) is -2.32. The average molecular weight is 281 g/mol. The fourth-order valence-corrected chi connectivity index (χ4v) is 2.10. The van der Waals surface area contributed by atoms with Gasteiger partial charge in [0.1, 0.15) is 5.54 Å². The normalized spacial score (nSPS) is 17.1. The number of halogens is 1. The molecule has 1 aliphatic rings. The molecule has 5 nitrogen and oxygen atoms in total. The van der Waals surface area contributed by atoms with E-state index in [-0.39, 0.29) is 17.2 Å². The molecule has 0 bridgehead atoms. The standard InChI is InChI=1S/C14H16FNO4/c1-14(13(18)19,9-4-5-9)16-12(17)8-3-6-10(15)11(7-8)20-2/h3,6-7,9H,4-5H2,1-2H3,(H,16,17)(H,18,19). The van der Waals surface area contributed by atoms with E-state index in [0.717, 1.165) is 18.9 Å². The van der Waals surface area contributed by atoms with E-state index in [1.807, 2.05) is 0 Å². The summed E-state index contributed by atoms with van der Waals surface area (Å²) < 4.78 is 18.1. The highest BCUT2D eigenvalue weighted by atomic mass is 19.1. The van der Waals surface area contributed by atoms with Crippen molar-refractivity contribution in [2.24, 2.45) is 5.92 Å². The molecule has 1 saturated carbocycles. The molecule has 1 aromatic carbocycles. The van der Waals surface area contributed by atoms with Crippen LogP contribution in [0.5, 0.6) is 5.75 Å². The molecule has 1 amide bonds. The lowest BCUT2D eigenvalue weighted by Gasteiger charge is -2.26. The summed E-state index contributed by atoms with van der Waals surface area (Å²) in [4.78, 5) is 23.5. The summed E-state index contributed by atoms with van der Waals surface area (Å²) in [6.07, 6.45) is 1.55. The number of carbonyl (C=O) groups excluding carboxylic acids is 1. The monoisotopic (exact) mass is 281 g/mol. The number of hydrogen-bond donors (Lipinski definition) is 2. The van der Waals surface area contributed by atoms with E-state index in [1.54, 1.807) is 0 Å². The molecule has 1 unspecified atom stereocenters. The number of hydrogen-bond acceptors (Lipinski definition) is 3. The van der Waals surface area contributed by atoms with Gasteiger partial charge in [-0.2, -0.15) is 0 Å². The summed E-state index contributed by atoms with van der Waals surface area (Å²) >= 11 is 0. The summed E-state index contributed by atoms with van der Waals surface area (Å²) in [5.41, 5.74) is -1.13. The highest BCUT2D eigenvalue weighted by molar-refractivity contribution is 5.98. The van der Waals surface area contributed by atoms with Crippen LogP contribution in [-0.4, -0.2) is 29.6 Å². The Morgan fingerprint density at radius 2 is 2.10 bits per heavy atom. The molecule has 0 saturated heterocycles. The zero-order valence-electron chi connectivity index (χ0n) is 11.3. The number of rotatable bonds is 5. The zero-order valence-corrected chi connectivity index (χ0v) is 11.3. The highest BCUT2D eigenvalue weighted by Gasteiger charge is 2.48. The number of ether oxygens (including phenoxy) is 1. The molecule has 6 heteroatoms. The van der Waals surface area contributed by atoms with E-state index in [2.05, 4.69) is 5.32 Å². The number of carboxylic acids is 1. The van der Waals surface area contributed by atoms with Gasteiger partial charge in [-0.15, -0.1) is 0 Å². The van der Waals surface area contributed by atoms with Gasteiger partial charge in [0.2, 0.25) is 0 Å². The first-order chi connectivity index (χ1) is 9.38. The Bertz CT molecular complexity index is 556. The van der Waals surface area contributed by atoms with Crippen molar-refractivity contribution in [2.75, 3.05) is 7.11 Å². The Morgan fingerprint density at radius 3 is 2.60 bits per heavy atom. The Kier molecular flexibility index (Phi) is 3.65. The van der Waals surface area contributed by atoms with Crippen molar-refractivity contribution in [1.29, 1.82) is 0 Å². The molecule has 2 rings (SSSR count). The van der Waals surface area contributed by atoms with Gasteiger partial charge in [-0.05, 0) is 43.9 Å². The molecule has 0 spiro atoms. The maximum Gasteiger partial charge on any atom is 0.329 e. The van der Waals surface area contributed by atoms with Crippen LogP contribution in [0, 0.1) is 11.7 Å². The van der Waals surface area contributed by atoms with E-state index in [4.69, 9.17) is 4.74 Å². The molecule has 2 N–H and O–H groups in total. The zero-order chi connectivity index (χ0) is 14.9. The molecule has 1 aromatic rings. The maximum atomic E-state index is 13.3. The molecule has 0 radical (unpaired) electrons. The maximum absolute atomic E-state index is 13.3. The fourth-order valence-electron chi connectivity index (χ4n) is 2.10. The van der Waals surface area contributed by atoms with Crippen LogP contribution in [-0.2, 0) is 4.79 Å². The van der Waals surface area contributed by atoms with Gasteiger partial charge in [0.25, 0.3) is 5.91 Å². The van der Waals surface area contributed by atoms with Gasteiger partial charge in [0, 0.05) is 5.56 Å². The lowest BCUT2D eigenvalue weighted by Crippen LogP contribution is -2.54. The third-order valence-corrected chi connectivity index (χ3v) is 3.62. The molecule has 0 aliphatic heterocycles. The fraction of sp³-hybridized carbons (Fsp3) is 0.429. The first-order valence-electron chi connectivity index (χ1n) is 6.28. The smallest absolute Gasteiger partial charge is 0.329 e. The van der Waals surface area contributed by atoms with E-state index < -0.39 is 23.2 Å². The van der Waals surface area contributed by atoms with Gasteiger partial charge < -0.3 is 15.2 Å². The molecular formula is C14H16FNO4. The predicted octanol–water partition coefficient (Wildman–Crippen LogP) is 1.82. The summed E-state index contributed by atoms with van der Waals surface area (Å²) in [5, 5.41) is 11.8. The van der Waals surface area contributed by atoms with Crippen LogP contribution in [0.1, 0.15) is 30.1 Å². The van der Waals surface area contributed by atoms with Crippen LogP contribution in [0.15, 0.2) is 18.2 Å². The number of carboxylic acid groups (broad SMARTS) is 1. The van der Waals surface area contributed by atoms with Crippen LogP contribution >= 0.6 is 0 Å². The van der Waals surface area contributed by atoms with Crippen LogP contribution < -0.4 is 10.1 Å². The molecule has 1 aliphatic carbocycles. The largest absolute Gasteiger partial charge is 0.494 e. The first kappa shape index (κ1) is 14.3. The van der Waals surface area contributed by atoms with Crippen molar-refractivity contribution in [2.45, 2.75) is 25.3 Å². The van der Waals surface area contributed by atoms with Crippen LogP contribution in [0.2, 0.25) is 0 Å². The van der Waals surface area contributed by atoms with Crippen LogP contribution in [0.4, 0.5) is 4.39 Å². The van der Waals surface area contributed by atoms with Gasteiger partial charge in [0.15, 0.2) is 11.6 Å². The lowest BCUT2D eigenvalue weighted by atomic mass is 9.95. The second kappa shape index (κ2) is 5.11. The Hall–Kier alpha value is -2.11. The number of aliphatic carboxylic acids is 1. The molecule has 0 aromatic heterocycles. The van der Waals surface area contributed by atoms with Crippen molar-refractivity contribution >= 4 is 11.9 Å². The quantitative estimate of drug-likeness (QED) is 0.863. The number of carbonyl (C=O) groups is 2. The minimum atomic E-state index is -1.29. The Balaban J connectivity index is 2.21. The number of methoxy groups -OCH3 is 1. The van der Waals surface area contributed by atoms with Crippen molar-refractivity contribution in [1.82, 2.24) is 5.32 Å². The molecular weight excluding hydrogens is 265 g/mol. The summed E-state index contributed by atoms with van der Waals surface area (Å²) in [6.45, 7) is 1.49. The second-order valence-corrected chi connectivity index (χ2v) is 5.09. The topological polar surface area (TPSA) is 75.6 Å². The molecule has 20 heavy (non-hydrogen) atoms. The summed E-state index contributed by atoms with van der Waals surface area (Å²) in [7, 11) is 1.30. The van der Waals surface area contributed by atoms with Crippen LogP contribution in [0.3, 0.4) is 0 Å². The lowest BCUT2D eigenvalue weighted by molar-refractivity contribution is -0.144. The number of benzene rings is 1. The Morgan fingerprint density at radius 1 is 1.45 bits per heavy atom. The number of nitrogens with one attached hydrogen (secondary N) is 1. The van der Waals surface area contributed by atoms with Crippen molar-refractivity contribution in [3.8, 4) is 5.75 Å². The summed E-state index contributed by atoms with van der Waals surface area (Å²) in [6, 6.07) is 3.66. The molecule has 1 atom stereocenters. The third-order valence-electron chi connectivity index (χ3n) is 3.62. The minimum absolute atomic E-state index is 0.0545. The second-order valence-electron chi connectivity index (χ2n) is 5.09. The Labute approximate surface area is 115 Å². The average Bonchev–Trinajstić information content (AvgIpc) is 3.23. The molecule has 1 fully saturated rings. The van der Waals surface area contributed by atoms with Crippen molar-refractivity contribution in [3.63, 3.8) is 0 Å². The van der Waals surface area contributed by atoms with Gasteiger partial charge in [-0.3, -0.25) is 4.79 Å². The predicted molar refractivity (Wildman–Crippen MR) is 69.2 cm³/mol. The highest BCUT2D eigenvalue weighted by Crippen LogP contribution is 2.39. The first-order valence-corrected chi connectivity index (χ1v) is 6.28. The van der Waals surface area contributed by atoms with Gasteiger partial charge in [-0.25, -0.2) is 9.18 Å². The van der Waals surface area contributed by atoms with Gasteiger partial charge in [0.05, 0.1) is 7.11 Å². The SMILES string of the molecule is COc1cc(C(=O)NC(C)(C(=O)O)C2CC2)ccc1F. The van der Waals surface area contributed by atoms with E-state index >= 15 is 0 Å². The van der Waals surface area contributed by atoms with E-state index in [0.29, 0.717) is 0 Å². The van der Waals surface area contributed by atoms with Crippen molar-refractivity contribution in [3.05, 3.63) is 29.6 Å². The van der Waals surface area contributed by atoms with Gasteiger partial charge >= 0.3 is 5.97 Å². The van der Waals surface area contributed by atoms with Crippen molar-refractivity contribution < 1.29 is 23.8 Å². The number of amides is 1. The molecule has 108 valence electrons. The van der Waals surface area contributed by atoms with Gasteiger partial charge in [-0.1, -0.05) is 0 Å². The minimum Gasteiger partial charge on any atom is -0.494 e. The van der Waals surface area contributed by atoms with E-state index in [1.165, 1.54) is 26.2 Å². The third kappa shape index (κ3) is 2.59. The van der Waals surface area contributed by atoms with Crippen LogP contribution in [0.25, 0.3) is 0 Å².